The van der Waals surface area contributed by atoms with Crippen LogP contribution in [0, 0.1) is 30.1 Å². The number of amides is 2. The first-order chi connectivity index (χ1) is 8.63. The van der Waals surface area contributed by atoms with E-state index in [1.807, 2.05) is 6.92 Å². The number of rotatable bonds is 4. The highest BCUT2D eigenvalue weighted by molar-refractivity contribution is 6.06. The van der Waals surface area contributed by atoms with Gasteiger partial charge in [-0.2, -0.15) is 0 Å². The van der Waals surface area contributed by atoms with Crippen molar-refractivity contribution < 1.29 is 9.59 Å². The van der Waals surface area contributed by atoms with Gasteiger partial charge in [-0.25, -0.2) is 0 Å². The molecule has 1 saturated carbocycles. The number of nitrogens with zero attached hydrogens (tertiary/aromatic N) is 1. The van der Waals surface area contributed by atoms with E-state index < -0.39 is 0 Å². The van der Waals surface area contributed by atoms with E-state index in [2.05, 4.69) is 12.8 Å². The Labute approximate surface area is 109 Å². The predicted octanol–water partition coefficient (Wildman–Crippen LogP) is 2.21. The van der Waals surface area contributed by atoms with Gasteiger partial charge >= 0.3 is 0 Å². The first kappa shape index (κ1) is 13.1. The van der Waals surface area contributed by atoms with Crippen LogP contribution in [0.3, 0.4) is 0 Å². The van der Waals surface area contributed by atoms with E-state index in [4.69, 9.17) is 6.42 Å². The molecule has 1 saturated heterocycles. The van der Waals surface area contributed by atoms with Crippen LogP contribution in [0.2, 0.25) is 0 Å². The zero-order valence-electron chi connectivity index (χ0n) is 11.2. The quantitative estimate of drug-likeness (QED) is 0.564. The van der Waals surface area contributed by atoms with E-state index in [1.165, 1.54) is 4.90 Å². The Balaban J connectivity index is 2.16. The molecular weight excluding hydrogens is 226 g/mol. The van der Waals surface area contributed by atoms with Crippen molar-refractivity contribution in [3.05, 3.63) is 0 Å². The maximum Gasteiger partial charge on any atom is 0.234 e. The monoisotopic (exact) mass is 247 g/mol. The second kappa shape index (κ2) is 5.14. The molecule has 0 spiro atoms. The molecule has 3 nitrogen and oxygen atoms in total. The van der Waals surface area contributed by atoms with Gasteiger partial charge in [-0.3, -0.25) is 14.5 Å². The Kier molecular flexibility index (Phi) is 3.75. The summed E-state index contributed by atoms with van der Waals surface area (Å²) < 4.78 is 0. The second-order valence-electron chi connectivity index (χ2n) is 5.48. The number of terminal acetylenes is 1. The van der Waals surface area contributed by atoms with E-state index in [1.54, 1.807) is 0 Å². The first-order valence-electron chi connectivity index (χ1n) is 6.97. The summed E-state index contributed by atoms with van der Waals surface area (Å²) in [5.74, 6) is 2.93. The van der Waals surface area contributed by atoms with E-state index in [9.17, 15) is 9.59 Å². The molecule has 1 heterocycles. The van der Waals surface area contributed by atoms with Crippen molar-refractivity contribution in [2.75, 3.05) is 0 Å². The fraction of sp³-hybridized carbons (Fsp3) is 0.733. The summed E-state index contributed by atoms with van der Waals surface area (Å²) in [6.07, 6.45) is 9.86. The lowest BCUT2D eigenvalue weighted by atomic mass is 10.00. The van der Waals surface area contributed by atoms with Crippen LogP contribution in [-0.4, -0.2) is 22.8 Å². The zero-order valence-corrected chi connectivity index (χ0v) is 11.2. The highest BCUT2D eigenvalue weighted by Gasteiger charge is 2.53. The number of hydrogen-bond acceptors (Lipinski definition) is 2. The Morgan fingerprint density at radius 2 is 1.83 bits per heavy atom. The van der Waals surface area contributed by atoms with E-state index in [-0.39, 0.29) is 29.7 Å². The van der Waals surface area contributed by atoms with Gasteiger partial charge in [-0.15, -0.1) is 6.42 Å². The average molecular weight is 247 g/mol. The largest absolute Gasteiger partial charge is 0.274 e. The molecule has 0 bridgehead atoms. The topological polar surface area (TPSA) is 37.4 Å². The third-order valence-corrected chi connectivity index (χ3v) is 4.41. The van der Waals surface area contributed by atoms with Crippen LogP contribution in [0.1, 0.15) is 46.0 Å². The molecule has 0 radical (unpaired) electrons. The molecule has 2 rings (SSSR count). The van der Waals surface area contributed by atoms with Gasteiger partial charge in [0.1, 0.15) is 6.04 Å². The minimum atomic E-state index is -0.333. The molecule has 3 unspecified atom stereocenters. The normalized spacial score (nSPS) is 32.5. The van der Waals surface area contributed by atoms with Crippen molar-refractivity contribution in [2.45, 2.75) is 52.0 Å². The minimum absolute atomic E-state index is 0.0163. The van der Waals surface area contributed by atoms with Gasteiger partial charge in [0, 0.05) is 0 Å². The standard InChI is InChI=1S/C15H21NO2/c1-4-7-11(6-3)16-14(17)12-8-10(5-2)9-13(12)15(16)18/h3,10-13H,4-5,7-9H2,1-2H3. The molecule has 0 aromatic rings. The second-order valence-corrected chi connectivity index (χ2v) is 5.48. The number of imide groups is 1. The van der Waals surface area contributed by atoms with Crippen LogP contribution < -0.4 is 0 Å². The zero-order chi connectivity index (χ0) is 13.3. The summed E-state index contributed by atoms with van der Waals surface area (Å²) in [7, 11) is 0. The van der Waals surface area contributed by atoms with Gasteiger partial charge in [-0.1, -0.05) is 32.6 Å². The van der Waals surface area contributed by atoms with Crippen LogP contribution in [-0.2, 0) is 9.59 Å². The fourth-order valence-electron chi connectivity index (χ4n) is 3.36. The molecule has 3 heteroatoms. The lowest BCUT2D eigenvalue weighted by Gasteiger charge is -2.23. The highest BCUT2D eigenvalue weighted by Crippen LogP contribution is 2.45. The van der Waals surface area contributed by atoms with Gasteiger partial charge < -0.3 is 0 Å². The Hall–Kier alpha value is -1.30. The Morgan fingerprint density at radius 3 is 2.22 bits per heavy atom. The lowest BCUT2D eigenvalue weighted by Crippen LogP contribution is -2.40. The Morgan fingerprint density at radius 1 is 1.28 bits per heavy atom. The predicted molar refractivity (Wildman–Crippen MR) is 69.4 cm³/mol. The van der Waals surface area contributed by atoms with E-state index in [0.29, 0.717) is 12.3 Å². The number of carbonyl (C=O) groups is 2. The molecule has 1 aliphatic heterocycles. The van der Waals surface area contributed by atoms with E-state index in [0.717, 1.165) is 25.7 Å². The minimum Gasteiger partial charge on any atom is -0.274 e. The SMILES string of the molecule is C#CC(CCC)N1C(=O)C2CC(CC)CC2C1=O. The van der Waals surface area contributed by atoms with Gasteiger partial charge in [0.15, 0.2) is 0 Å². The summed E-state index contributed by atoms with van der Waals surface area (Å²) in [6, 6.07) is -0.333. The molecule has 2 aliphatic rings. The summed E-state index contributed by atoms with van der Waals surface area (Å²) >= 11 is 0. The molecule has 1 aliphatic carbocycles. The van der Waals surface area contributed by atoms with Crippen molar-refractivity contribution in [3.8, 4) is 12.3 Å². The fourth-order valence-corrected chi connectivity index (χ4v) is 3.36. The molecular formula is C15H21NO2. The Bertz CT molecular complexity index is 372. The number of carbonyl (C=O) groups excluding carboxylic acids is 2. The summed E-state index contributed by atoms with van der Waals surface area (Å²) in [4.78, 5) is 26.1. The molecule has 3 atom stereocenters. The molecule has 2 amide bonds. The number of hydrogen-bond donors (Lipinski definition) is 0. The maximum atomic E-state index is 12.3. The average Bonchev–Trinajstić information content (AvgIpc) is 2.89. The maximum absolute atomic E-state index is 12.3. The molecule has 98 valence electrons. The van der Waals surface area contributed by atoms with Crippen LogP contribution in [0.4, 0.5) is 0 Å². The molecule has 0 N–H and O–H groups in total. The smallest absolute Gasteiger partial charge is 0.234 e. The van der Waals surface area contributed by atoms with Crippen molar-refractivity contribution in [2.24, 2.45) is 17.8 Å². The van der Waals surface area contributed by atoms with Crippen molar-refractivity contribution in [3.63, 3.8) is 0 Å². The van der Waals surface area contributed by atoms with Crippen LogP contribution in [0.5, 0.6) is 0 Å². The van der Waals surface area contributed by atoms with Crippen LogP contribution in [0.15, 0.2) is 0 Å². The third kappa shape index (κ3) is 1.94. The number of fused-ring (bicyclic) bond motifs is 1. The van der Waals surface area contributed by atoms with Gasteiger partial charge in [0.2, 0.25) is 11.8 Å². The van der Waals surface area contributed by atoms with Crippen LogP contribution >= 0.6 is 0 Å². The lowest BCUT2D eigenvalue weighted by molar-refractivity contribution is -0.142. The molecule has 2 fully saturated rings. The molecule has 0 aromatic heterocycles. The molecule has 18 heavy (non-hydrogen) atoms. The highest BCUT2D eigenvalue weighted by atomic mass is 16.2. The van der Waals surface area contributed by atoms with Gasteiger partial charge in [0.25, 0.3) is 0 Å². The van der Waals surface area contributed by atoms with E-state index >= 15 is 0 Å². The third-order valence-electron chi connectivity index (χ3n) is 4.41. The van der Waals surface area contributed by atoms with Crippen molar-refractivity contribution >= 4 is 11.8 Å². The summed E-state index contributed by atoms with van der Waals surface area (Å²) in [5, 5.41) is 0. The van der Waals surface area contributed by atoms with Crippen molar-refractivity contribution in [1.29, 1.82) is 0 Å². The summed E-state index contributed by atoms with van der Waals surface area (Å²) in [6.45, 7) is 4.14. The van der Waals surface area contributed by atoms with Gasteiger partial charge in [0.05, 0.1) is 11.8 Å². The van der Waals surface area contributed by atoms with Crippen LogP contribution in [0.25, 0.3) is 0 Å². The summed E-state index contributed by atoms with van der Waals surface area (Å²) in [5.41, 5.74) is 0. The van der Waals surface area contributed by atoms with Gasteiger partial charge in [-0.05, 0) is 25.2 Å². The number of likely N-dealkylation sites (tertiary alicyclic amines) is 1. The van der Waals surface area contributed by atoms with Crippen molar-refractivity contribution in [1.82, 2.24) is 4.90 Å². The first-order valence-corrected chi connectivity index (χ1v) is 6.97. The molecule has 0 aromatic carbocycles.